The summed E-state index contributed by atoms with van der Waals surface area (Å²) in [5.74, 6) is 1.50. The van der Waals surface area contributed by atoms with Gasteiger partial charge in [-0.05, 0) is 42.3 Å². The minimum atomic E-state index is 0.0490. The predicted octanol–water partition coefficient (Wildman–Crippen LogP) is 4.54. The van der Waals surface area contributed by atoms with Crippen molar-refractivity contribution in [3.8, 4) is 11.5 Å². The molecule has 2 N–H and O–H groups in total. The van der Waals surface area contributed by atoms with E-state index >= 15 is 0 Å². The normalized spacial score (nSPS) is 12.2. The third kappa shape index (κ3) is 3.25. The molecule has 1 atom stereocenters. The van der Waals surface area contributed by atoms with Gasteiger partial charge in [0.1, 0.15) is 11.5 Å². The molecule has 94 valence electrons. The number of ether oxygens (including phenoxy) is 1. The lowest BCUT2D eigenvalue weighted by molar-refractivity contribution is 0.481. The van der Waals surface area contributed by atoms with Crippen LogP contribution >= 0.6 is 11.6 Å². The number of hydrogen-bond acceptors (Lipinski definition) is 2. The fraction of sp³-hybridized carbons (Fsp3) is 0.200. The average molecular weight is 262 g/mol. The highest BCUT2D eigenvalue weighted by atomic mass is 35.5. The van der Waals surface area contributed by atoms with Crippen molar-refractivity contribution in [2.24, 2.45) is 5.73 Å². The maximum atomic E-state index is 6.00. The van der Waals surface area contributed by atoms with Crippen molar-refractivity contribution in [2.45, 2.75) is 19.4 Å². The Hall–Kier alpha value is -1.51. The quantitative estimate of drug-likeness (QED) is 0.877. The predicted molar refractivity (Wildman–Crippen MR) is 75.2 cm³/mol. The molecule has 18 heavy (non-hydrogen) atoms. The Morgan fingerprint density at radius 2 is 1.78 bits per heavy atom. The molecule has 1 unspecified atom stereocenters. The van der Waals surface area contributed by atoms with E-state index in [4.69, 9.17) is 22.1 Å². The van der Waals surface area contributed by atoms with E-state index in [1.807, 2.05) is 42.5 Å². The molecule has 0 saturated heterocycles. The van der Waals surface area contributed by atoms with E-state index < -0.39 is 0 Å². The Morgan fingerprint density at radius 3 is 2.44 bits per heavy atom. The van der Waals surface area contributed by atoms with E-state index in [-0.39, 0.29) is 6.04 Å². The second kappa shape index (κ2) is 5.89. The fourth-order valence-corrected chi connectivity index (χ4v) is 1.89. The van der Waals surface area contributed by atoms with Gasteiger partial charge in [-0.2, -0.15) is 0 Å². The molecule has 0 fully saturated rings. The van der Waals surface area contributed by atoms with Gasteiger partial charge in [-0.1, -0.05) is 36.7 Å². The van der Waals surface area contributed by atoms with Crippen LogP contribution in [0.1, 0.15) is 24.9 Å². The zero-order chi connectivity index (χ0) is 13.0. The zero-order valence-electron chi connectivity index (χ0n) is 10.3. The van der Waals surface area contributed by atoms with Crippen molar-refractivity contribution in [1.29, 1.82) is 0 Å². The van der Waals surface area contributed by atoms with E-state index in [1.165, 1.54) is 0 Å². The first-order valence-corrected chi connectivity index (χ1v) is 6.36. The van der Waals surface area contributed by atoms with Crippen LogP contribution in [0.15, 0.2) is 48.5 Å². The molecular weight excluding hydrogens is 246 g/mol. The van der Waals surface area contributed by atoms with Crippen molar-refractivity contribution >= 4 is 11.6 Å². The Kier molecular flexibility index (Phi) is 4.24. The van der Waals surface area contributed by atoms with Gasteiger partial charge >= 0.3 is 0 Å². The van der Waals surface area contributed by atoms with Gasteiger partial charge in [-0.25, -0.2) is 0 Å². The molecule has 3 heteroatoms. The lowest BCUT2D eigenvalue weighted by Crippen LogP contribution is -2.08. The summed E-state index contributed by atoms with van der Waals surface area (Å²) >= 11 is 5.92. The molecule has 0 spiro atoms. The van der Waals surface area contributed by atoms with Crippen LogP contribution in [0.2, 0.25) is 5.02 Å². The lowest BCUT2D eigenvalue weighted by atomic mass is 10.1. The summed E-state index contributed by atoms with van der Waals surface area (Å²) in [6, 6.07) is 15.2. The molecule has 0 aliphatic heterocycles. The van der Waals surface area contributed by atoms with Gasteiger partial charge in [-0.15, -0.1) is 0 Å². The topological polar surface area (TPSA) is 35.2 Å². The Bertz CT molecular complexity index is 527. The summed E-state index contributed by atoms with van der Waals surface area (Å²) in [5, 5.41) is 0.661. The lowest BCUT2D eigenvalue weighted by Gasteiger charge is -2.11. The highest BCUT2D eigenvalue weighted by Gasteiger charge is 2.05. The van der Waals surface area contributed by atoms with Crippen LogP contribution in [0.25, 0.3) is 0 Å². The van der Waals surface area contributed by atoms with Gasteiger partial charge in [0, 0.05) is 11.1 Å². The Balaban J connectivity index is 2.19. The SMILES string of the molecule is CCC(N)c1cccc(Oc2cccc(Cl)c2)c1. The average Bonchev–Trinajstić information content (AvgIpc) is 2.38. The first-order chi connectivity index (χ1) is 8.69. The smallest absolute Gasteiger partial charge is 0.128 e. The summed E-state index contributed by atoms with van der Waals surface area (Å²) in [7, 11) is 0. The second-order valence-electron chi connectivity index (χ2n) is 4.15. The standard InChI is InChI=1S/C15H16ClNO/c1-2-15(17)11-5-3-7-13(9-11)18-14-8-4-6-12(16)10-14/h3-10,15H,2,17H2,1H3. The van der Waals surface area contributed by atoms with Crippen LogP contribution in [0, 0.1) is 0 Å². The van der Waals surface area contributed by atoms with Gasteiger partial charge in [0.25, 0.3) is 0 Å². The summed E-state index contributed by atoms with van der Waals surface area (Å²) < 4.78 is 5.75. The van der Waals surface area contributed by atoms with Crippen molar-refractivity contribution in [3.05, 3.63) is 59.1 Å². The van der Waals surface area contributed by atoms with Gasteiger partial charge in [0.05, 0.1) is 0 Å². The largest absolute Gasteiger partial charge is 0.457 e. The Morgan fingerprint density at radius 1 is 1.11 bits per heavy atom. The maximum Gasteiger partial charge on any atom is 0.128 e. The van der Waals surface area contributed by atoms with Crippen molar-refractivity contribution < 1.29 is 4.74 Å². The Labute approximate surface area is 112 Å². The van der Waals surface area contributed by atoms with Crippen LogP contribution in [-0.4, -0.2) is 0 Å². The van der Waals surface area contributed by atoms with E-state index in [2.05, 4.69) is 6.92 Å². The number of hydrogen-bond donors (Lipinski definition) is 1. The molecule has 2 nitrogen and oxygen atoms in total. The van der Waals surface area contributed by atoms with E-state index in [1.54, 1.807) is 6.07 Å². The number of benzene rings is 2. The van der Waals surface area contributed by atoms with Crippen molar-refractivity contribution in [3.63, 3.8) is 0 Å². The van der Waals surface area contributed by atoms with E-state index in [0.29, 0.717) is 5.02 Å². The monoisotopic (exact) mass is 261 g/mol. The molecule has 0 aliphatic carbocycles. The zero-order valence-corrected chi connectivity index (χ0v) is 11.0. The van der Waals surface area contributed by atoms with Gasteiger partial charge in [-0.3, -0.25) is 0 Å². The molecule has 0 aliphatic rings. The van der Waals surface area contributed by atoms with E-state index in [0.717, 1.165) is 23.5 Å². The van der Waals surface area contributed by atoms with Crippen LogP contribution < -0.4 is 10.5 Å². The number of halogens is 1. The van der Waals surface area contributed by atoms with Crippen LogP contribution in [-0.2, 0) is 0 Å². The minimum Gasteiger partial charge on any atom is -0.457 e. The maximum absolute atomic E-state index is 6.00. The molecule has 0 bridgehead atoms. The molecule has 2 rings (SSSR count). The molecule has 0 saturated carbocycles. The highest BCUT2D eigenvalue weighted by Crippen LogP contribution is 2.26. The van der Waals surface area contributed by atoms with Crippen LogP contribution in [0.4, 0.5) is 0 Å². The van der Waals surface area contributed by atoms with Crippen molar-refractivity contribution in [1.82, 2.24) is 0 Å². The third-order valence-electron chi connectivity index (χ3n) is 2.76. The minimum absolute atomic E-state index is 0.0490. The second-order valence-corrected chi connectivity index (χ2v) is 4.58. The molecular formula is C15H16ClNO. The first-order valence-electron chi connectivity index (χ1n) is 5.98. The molecule has 0 aromatic heterocycles. The fourth-order valence-electron chi connectivity index (χ4n) is 1.71. The molecule has 2 aromatic rings. The summed E-state index contributed by atoms with van der Waals surface area (Å²) in [5.41, 5.74) is 7.08. The van der Waals surface area contributed by atoms with Crippen molar-refractivity contribution in [2.75, 3.05) is 0 Å². The number of nitrogens with two attached hydrogens (primary N) is 1. The van der Waals surface area contributed by atoms with Crippen LogP contribution in [0.5, 0.6) is 11.5 Å². The molecule has 0 amide bonds. The number of rotatable bonds is 4. The van der Waals surface area contributed by atoms with Gasteiger partial charge in [0.15, 0.2) is 0 Å². The molecule has 0 radical (unpaired) electrons. The van der Waals surface area contributed by atoms with E-state index in [9.17, 15) is 0 Å². The third-order valence-corrected chi connectivity index (χ3v) is 2.99. The summed E-state index contributed by atoms with van der Waals surface area (Å²) in [6.45, 7) is 2.06. The molecule has 0 heterocycles. The summed E-state index contributed by atoms with van der Waals surface area (Å²) in [4.78, 5) is 0. The van der Waals surface area contributed by atoms with Gasteiger partial charge < -0.3 is 10.5 Å². The molecule has 2 aromatic carbocycles. The highest BCUT2D eigenvalue weighted by molar-refractivity contribution is 6.30. The van der Waals surface area contributed by atoms with Gasteiger partial charge in [0.2, 0.25) is 0 Å². The summed E-state index contributed by atoms with van der Waals surface area (Å²) in [6.07, 6.45) is 0.903. The first kappa shape index (κ1) is 12.9. The van der Waals surface area contributed by atoms with Crippen LogP contribution in [0.3, 0.4) is 0 Å².